The summed E-state index contributed by atoms with van der Waals surface area (Å²) in [5.41, 5.74) is 1.29. The van der Waals surface area contributed by atoms with Crippen LogP contribution in [0.15, 0.2) is 12.1 Å². The van der Waals surface area contributed by atoms with Crippen LogP contribution >= 0.6 is 0 Å². The van der Waals surface area contributed by atoms with E-state index < -0.39 is 0 Å². The fourth-order valence-electron chi connectivity index (χ4n) is 2.67. The molecule has 2 aliphatic rings. The van der Waals surface area contributed by atoms with Crippen LogP contribution in [0.5, 0.6) is 11.5 Å². The zero-order chi connectivity index (χ0) is 14.1. The molecule has 0 spiro atoms. The van der Waals surface area contributed by atoms with Crippen molar-refractivity contribution in [2.75, 3.05) is 40.5 Å². The fraction of sp³-hybridized carbons (Fsp3) is 0.500. The third kappa shape index (κ3) is 2.01. The van der Waals surface area contributed by atoms with Gasteiger partial charge in [-0.25, -0.2) is 4.79 Å². The SMILES string of the molecule is COc1ccc2c(c1OC)C(=O)O[C@H]2N1CCOCC1. The van der Waals surface area contributed by atoms with Crippen LogP contribution in [0, 0.1) is 0 Å². The predicted octanol–water partition coefficient (Wildman–Crippen LogP) is 1.20. The van der Waals surface area contributed by atoms with Crippen LogP contribution < -0.4 is 9.47 Å². The Morgan fingerprint density at radius 3 is 2.60 bits per heavy atom. The van der Waals surface area contributed by atoms with E-state index in [0.29, 0.717) is 30.3 Å². The number of benzene rings is 1. The lowest BCUT2D eigenvalue weighted by Crippen LogP contribution is -2.39. The van der Waals surface area contributed by atoms with Gasteiger partial charge < -0.3 is 18.9 Å². The number of carbonyl (C=O) groups is 1. The summed E-state index contributed by atoms with van der Waals surface area (Å²) >= 11 is 0. The third-order valence-electron chi connectivity index (χ3n) is 3.64. The minimum absolute atomic E-state index is 0.360. The highest BCUT2D eigenvalue weighted by Gasteiger charge is 2.39. The molecule has 3 rings (SSSR count). The smallest absolute Gasteiger partial charge is 0.344 e. The average molecular weight is 279 g/mol. The van der Waals surface area contributed by atoms with Crippen LogP contribution in [0.4, 0.5) is 0 Å². The summed E-state index contributed by atoms with van der Waals surface area (Å²) in [7, 11) is 3.07. The van der Waals surface area contributed by atoms with Crippen molar-refractivity contribution in [3.63, 3.8) is 0 Å². The molecule has 0 N–H and O–H groups in total. The Labute approximate surface area is 117 Å². The van der Waals surface area contributed by atoms with E-state index in [9.17, 15) is 4.79 Å². The number of hydrogen-bond donors (Lipinski definition) is 0. The highest BCUT2D eigenvalue weighted by Crippen LogP contribution is 2.43. The Balaban J connectivity index is 2.00. The van der Waals surface area contributed by atoms with Gasteiger partial charge in [-0.2, -0.15) is 0 Å². The maximum Gasteiger partial charge on any atom is 0.344 e. The molecular weight excluding hydrogens is 262 g/mol. The van der Waals surface area contributed by atoms with E-state index >= 15 is 0 Å². The summed E-state index contributed by atoms with van der Waals surface area (Å²) in [4.78, 5) is 14.2. The Bertz CT molecular complexity index is 525. The van der Waals surface area contributed by atoms with Gasteiger partial charge in [0.15, 0.2) is 17.7 Å². The Hall–Kier alpha value is -1.79. The van der Waals surface area contributed by atoms with Gasteiger partial charge in [0.1, 0.15) is 5.56 Å². The molecule has 0 unspecified atom stereocenters. The maximum absolute atomic E-state index is 12.2. The van der Waals surface area contributed by atoms with Crippen molar-refractivity contribution in [1.29, 1.82) is 0 Å². The van der Waals surface area contributed by atoms with E-state index in [1.165, 1.54) is 7.11 Å². The molecule has 1 atom stereocenters. The molecule has 0 radical (unpaired) electrons. The van der Waals surface area contributed by atoms with Crippen molar-refractivity contribution < 1.29 is 23.7 Å². The molecule has 6 heteroatoms. The molecule has 1 fully saturated rings. The maximum atomic E-state index is 12.2. The molecule has 0 saturated carbocycles. The third-order valence-corrected chi connectivity index (χ3v) is 3.64. The van der Waals surface area contributed by atoms with Gasteiger partial charge in [-0.05, 0) is 12.1 Å². The Morgan fingerprint density at radius 2 is 1.95 bits per heavy atom. The summed E-state index contributed by atoms with van der Waals surface area (Å²) in [6.07, 6.45) is -0.360. The highest BCUT2D eigenvalue weighted by molar-refractivity contribution is 5.98. The number of fused-ring (bicyclic) bond motifs is 1. The average Bonchev–Trinajstić information content (AvgIpc) is 2.84. The van der Waals surface area contributed by atoms with Gasteiger partial charge in [0.2, 0.25) is 0 Å². The number of rotatable bonds is 3. The molecular formula is C14H17NO5. The van der Waals surface area contributed by atoms with Gasteiger partial charge in [0, 0.05) is 18.7 Å². The first-order chi connectivity index (χ1) is 9.76. The van der Waals surface area contributed by atoms with E-state index in [-0.39, 0.29) is 12.2 Å². The van der Waals surface area contributed by atoms with E-state index in [0.717, 1.165) is 18.7 Å². The zero-order valence-corrected chi connectivity index (χ0v) is 11.5. The number of carbonyl (C=O) groups excluding carboxylic acids is 1. The number of morpholine rings is 1. The van der Waals surface area contributed by atoms with Crippen molar-refractivity contribution in [3.05, 3.63) is 23.3 Å². The standard InChI is InChI=1S/C14H17NO5/c1-17-10-4-3-9-11(12(10)18-2)14(16)20-13(9)15-5-7-19-8-6-15/h3-4,13H,5-8H2,1-2H3/t13-/m1/s1. The van der Waals surface area contributed by atoms with Gasteiger partial charge in [-0.15, -0.1) is 0 Å². The molecule has 2 heterocycles. The van der Waals surface area contributed by atoms with E-state index in [1.807, 2.05) is 6.07 Å². The number of ether oxygens (including phenoxy) is 4. The lowest BCUT2D eigenvalue weighted by molar-refractivity contribution is -0.0658. The minimum Gasteiger partial charge on any atom is -0.493 e. The van der Waals surface area contributed by atoms with Gasteiger partial charge in [0.25, 0.3) is 0 Å². The summed E-state index contributed by atoms with van der Waals surface area (Å²) in [5, 5.41) is 0. The Kier molecular flexibility index (Phi) is 3.50. The quantitative estimate of drug-likeness (QED) is 0.775. The summed E-state index contributed by atoms with van der Waals surface area (Å²) < 4.78 is 21.4. The number of nitrogens with zero attached hydrogens (tertiary/aromatic N) is 1. The molecule has 0 aromatic heterocycles. The van der Waals surface area contributed by atoms with Crippen LogP contribution in [0.3, 0.4) is 0 Å². The molecule has 1 saturated heterocycles. The number of cyclic esters (lactones) is 1. The van der Waals surface area contributed by atoms with E-state index in [4.69, 9.17) is 18.9 Å². The fourth-order valence-corrected chi connectivity index (χ4v) is 2.67. The van der Waals surface area contributed by atoms with Crippen LogP contribution in [0.1, 0.15) is 22.1 Å². The molecule has 0 amide bonds. The van der Waals surface area contributed by atoms with Gasteiger partial charge in [-0.3, -0.25) is 4.90 Å². The van der Waals surface area contributed by atoms with Crippen LogP contribution in [-0.4, -0.2) is 51.4 Å². The molecule has 2 aliphatic heterocycles. The molecule has 0 bridgehead atoms. The second kappa shape index (κ2) is 5.30. The molecule has 1 aromatic rings. The van der Waals surface area contributed by atoms with Crippen molar-refractivity contribution in [2.45, 2.75) is 6.23 Å². The second-order valence-electron chi connectivity index (χ2n) is 4.67. The molecule has 0 aliphatic carbocycles. The number of hydrogen-bond acceptors (Lipinski definition) is 6. The van der Waals surface area contributed by atoms with Crippen LogP contribution in [-0.2, 0) is 9.47 Å². The molecule has 20 heavy (non-hydrogen) atoms. The summed E-state index contributed by atoms with van der Waals surface area (Å²) in [6.45, 7) is 2.78. The first-order valence-electron chi connectivity index (χ1n) is 6.54. The van der Waals surface area contributed by atoms with Crippen LogP contribution in [0.2, 0.25) is 0 Å². The highest BCUT2D eigenvalue weighted by atomic mass is 16.6. The lowest BCUT2D eigenvalue weighted by Gasteiger charge is -2.31. The van der Waals surface area contributed by atoms with Crippen molar-refractivity contribution >= 4 is 5.97 Å². The largest absolute Gasteiger partial charge is 0.493 e. The first kappa shape index (κ1) is 13.2. The summed E-state index contributed by atoms with van der Waals surface area (Å²) in [5.74, 6) is 0.601. The van der Waals surface area contributed by atoms with Gasteiger partial charge >= 0.3 is 5.97 Å². The lowest BCUT2D eigenvalue weighted by atomic mass is 10.1. The van der Waals surface area contributed by atoms with Crippen LogP contribution in [0.25, 0.3) is 0 Å². The normalized spacial score (nSPS) is 22.3. The molecule has 1 aromatic carbocycles. The van der Waals surface area contributed by atoms with Crippen molar-refractivity contribution in [1.82, 2.24) is 4.90 Å². The summed E-state index contributed by atoms with van der Waals surface area (Å²) in [6, 6.07) is 3.66. The molecule has 6 nitrogen and oxygen atoms in total. The Morgan fingerprint density at radius 1 is 1.20 bits per heavy atom. The molecule has 108 valence electrons. The van der Waals surface area contributed by atoms with Gasteiger partial charge in [-0.1, -0.05) is 0 Å². The minimum atomic E-state index is -0.368. The van der Waals surface area contributed by atoms with E-state index in [1.54, 1.807) is 13.2 Å². The first-order valence-corrected chi connectivity index (χ1v) is 6.54. The van der Waals surface area contributed by atoms with Crippen molar-refractivity contribution in [2.24, 2.45) is 0 Å². The number of methoxy groups -OCH3 is 2. The van der Waals surface area contributed by atoms with Crippen molar-refractivity contribution in [3.8, 4) is 11.5 Å². The van der Waals surface area contributed by atoms with Gasteiger partial charge in [0.05, 0.1) is 27.4 Å². The predicted molar refractivity (Wildman–Crippen MR) is 70.1 cm³/mol. The topological polar surface area (TPSA) is 57.2 Å². The zero-order valence-electron chi connectivity index (χ0n) is 11.5. The van der Waals surface area contributed by atoms with E-state index in [2.05, 4.69) is 4.90 Å². The number of esters is 1. The monoisotopic (exact) mass is 279 g/mol. The second-order valence-corrected chi connectivity index (χ2v) is 4.67.